The van der Waals surface area contributed by atoms with Crippen LogP contribution in [0.25, 0.3) is 11.1 Å². The lowest BCUT2D eigenvalue weighted by molar-refractivity contribution is -0.139. The Morgan fingerprint density at radius 1 is 0.879 bits per heavy atom. The molecule has 180 valence electrons. The Labute approximate surface area is 198 Å². The highest BCUT2D eigenvalue weighted by atomic mass is 16.5. The Morgan fingerprint density at radius 2 is 1.52 bits per heavy atom. The molecule has 0 radical (unpaired) electrons. The van der Waals surface area contributed by atoms with Crippen molar-refractivity contribution in [1.29, 1.82) is 0 Å². The third-order valence-corrected chi connectivity index (χ3v) is 5.28. The molecule has 2 rings (SSSR count). The lowest BCUT2D eigenvalue weighted by Gasteiger charge is -2.19. The highest BCUT2D eigenvalue weighted by Crippen LogP contribution is 2.26. The number of hydrogen-bond donors (Lipinski definition) is 1. The molecule has 33 heavy (non-hydrogen) atoms. The van der Waals surface area contributed by atoms with Crippen LogP contribution in [0.1, 0.15) is 58.8 Å². The summed E-state index contributed by atoms with van der Waals surface area (Å²) in [6.45, 7) is 8.53. The second kappa shape index (κ2) is 15.1. The molecule has 0 spiro atoms. The van der Waals surface area contributed by atoms with Gasteiger partial charge in [0, 0.05) is 18.6 Å². The SMILES string of the molecule is C=C(C)C(=O)OCCCCCC(CCC)Oc1ccc(-c2ccc(OCCCO)cc2)cc1. The van der Waals surface area contributed by atoms with Gasteiger partial charge in [-0.05, 0) is 74.4 Å². The number of hydrogen-bond acceptors (Lipinski definition) is 5. The summed E-state index contributed by atoms with van der Waals surface area (Å²) in [4.78, 5) is 11.4. The summed E-state index contributed by atoms with van der Waals surface area (Å²) < 4.78 is 17.0. The van der Waals surface area contributed by atoms with Gasteiger partial charge in [0.25, 0.3) is 0 Å². The normalized spacial score (nSPS) is 11.6. The van der Waals surface area contributed by atoms with Crippen LogP contribution >= 0.6 is 0 Å². The van der Waals surface area contributed by atoms with Crippen LogP contribution < -0.4 is 9.47 Å². The number of aliphatic hydroxyl groups excluding tert-OH is 1. The van der Waals surface area contributed by atoms with Gasteiger partial charge in [-0.15, -0.1) is 0 Å². The molecule has 0 aliphatic carbocycles. The molecule has 2 aromatic rings. The van der Waals surface area contributed by atoms with Crippen LogP contribution in [0.5, 0.6) is 11.5 Å². The quantitative estimate of drug-likeness (QED) is 0.182. The maximum Gasteiger partial charge on any atom is 0.333 e. The van der Waals surface area contributed by atoms with E-state index in [9.17, 15) is 4.79 Å². The Kier molecular flexibility index (Phi) is 12.1. The molecule has 0 heterocycles. The predicted molar refractivity (Wildman–Crippen MR) is 133 cm³/mol. The summed E-state index contributed by atoms with van der Waals surface area (Å²) in [5, 5.41) is 8.84. The number of carbonyl (C=O) groups excluding carboxylic acids is 1. The van der Waals surface area contributed by atoms with Crippen molar-refractivity contribution in [2.45, 2.75) is 64.9 Å². The first-order chi connectivity index (χ1) is 16.0. The third-order valence-electron chi connectivity index (χ3n) is 5.28. The highest BCUT2D eigenvalue weighted by Gasteiger charge is 2.10. The van der Waals surface area contributed by atoms with Crippen molar-refractivity contribution in [2.75, 3.05) is 19.8 Å². The molecule has 5 nitrogen and oxygen atoms in total. The topological polar surface area (TPSA) is 65.0 Å². The van der Waals surface area contributed by atoms with Gasteiger partial charge in [0.1, 0.15) is 11.5 Å². The first-order valence-electron chi connectivity index (χ1n) is 12.0. The molecule has 0 aromatic heterocycles. The first kappa shape index (κ1) is 26.5. The fourth-order valence-corrected chi connectivity index (χ4v) is 3.44. The minimum Gasteiger partial charge on any atom is -0.494 e. The van der Waals surface area contributed by atoms with E-state index in [4.69, 9.17) is 19.3 Å². The Hall–Kier alpha value is -2.79. The van der Waals surface area contributed by atoms with Crippen LogP contribution in [0.15, 0.2) is 60.7 Å². The zero-order chi connectivity index (χ0) is 23.9. The zero-order valence-corrected chi connectivity index (χ0v) is 20.1. The molecule has 0 amide bonds. The van der Waals surface area contributed by atoms with Crippen LogP contribution in [0, 0.1) is 0 Å². The van der Waals surface area contributed by atoms with Crippen molar-refractivity contribution < 1.29 is 24.1 Å². The molecule has 0 bridgehead atoms. The van der Waals surface area contributed by atoms with E-state index < -0.39 is 0 Å². The smallest absolute Gasteiger partial charge is 0.333 e. The minimum atomic E-state index is -0.312. The van der Waals surface area contributed by atoms with Gasteiger partial charge >= 0.3 is 5.97 Å². The van der Waals surface area contributed by atoms with E-state index in [-0.39, 0.29) is 18.7 Å². The minimum absolute atomic E-state index is 0.137. The van der Waals surface area contributed by atoms with Crippen LogP contribution in [-0.4, -0.2) is 37.0 Å². The average Bonchev–Trinajstić information content (AvgIpc) is 2.82. The van der Waals surface area contributed by atoms with Crippen molar-refractivity contribution in [3.63, 3.8) is 0 Å². The molecular weight excluding hydrogens is 416 g/mol. The second-order valence-electron chi connectivity index (χ2n) is 8.27. The number of ether oxygens (including phenoxy) is 3. The molecule has 0 fully saturated rings. The van der Waals surface area contributed by atoms with Gasteiger partial charge in [0.15, 0.2) is 0 Å². The summed E-state index contributed by atoms with van der Waals surface area (Å²) >= 11 is 0. The molecule has 0 saturated carbocycles. The molecule has 0 saturated heterocycles. The Morgan fingerprint density at radius 3 is 2.09 bits per heavy atom. The van der Waals surface area contributed by atoms with Crippen molar-refractivity contribution in [3.8, 4) is 22.6 Å². The van der Waals surface area contributed by atoms with E-state index in [0.29, 0.717) is 25.2 Å². The number of benzene rings is 2. The summed E-state index contributed by atoms with van der Waals surface area (Å²) in [5.41, 5.74) is 2.69. The largest absolute Gasteiger partial charge is 0.494 e. The molecule has 0 aliphatic heterocycles. The van der Waals surface area contributed by atoms with Gasteiger partial charge in [-0.1, -0.05) is 44.2 Å². The number of rotatable bonds is 16. The van der Waals surface area contributed by atoms with E-state index in [2.05, 4.69) is 25.6 Å². The van der Waals surface area contributed by atoms with E-state index in [1.54, 1.807) is 6.92 Å². The number of esters is 1. The fourth-order valence-electron chi connectivity index (χ4n) is 3.44. The predicted octanol–water partition coefficient (Wildman–Crippen LogP) is 6.34. The lowest BCUT2D eigenvalue weighted by atomic mass is 10.0. The lowest BCUT2D eigenvalue weighted by Crippen LogP contribution is -2.16. The van der Waals surface area contributed by atoms with Crippen LogP contribution in [0.4, 0.5) is 0 Å². The number of unbranched alkanes of at least 4 members (excludes halogenated alkanes) is 2. The summed E-state index contributed by atoms with van der Waals surface area (Å²) in [6.07, 6.45) is 6.81. The van der Waals surface area contributed by atoms with Crippen molar-refractivity contribution in [1.82, 2.24) is 0 Å². The maximum absolute atomic E-state index is 11.4. The monoisotopic (exact) mass is 454 g/mol. The van der Waals surface area contributed by atoms with Gasteiger partial charge in [-0.25, -0.2) is 4.79 Å². The van der Waals surface area contributed by atoms with E-state index in [0.717, 1.165) is 61.2 Å². The zero-order valence-electron chi connectivity index (χ0n) is 20.1. The van der Waals surface area contributed by atoms with Crippen molar-refractivity contribution >= 4 is 5.97 Å². The van der Waals surface area contributed by atoms with E-state index in [1.165, 1.54) is 0 Å². The average molecular weight is 455 g/mol. The van der Waals surface area contributed by atoms with E-state index >= 15 is 0 Å². The van der Waals surface area contributed by atoms with Crippen LogP contribution in [0.2, 0.25) is 0 Å². The molecule has 2 aromatic carbocycles. The molecule has 1 unspecified atom stereocenters. The standard InChI is InChI=1S/C28H38O5/c1-4-9-26(10-6-5-7-20-32-28(30)22(2)3)33-27-17-13-24(14-18-27)23-11-15-25(16-12-23)31-21-8-19-29/h11-18,26,29H,2,4-10,19-21H2,1,3H3. The first-order valence-corrected chi connectivity index (χ1v) is 12.0. The summed E-state index contributed by atoms with van der Waals surface area (Å²) in [6, 6.07) is 16.2. The molecular formula is C28H38O5. The van der Waals surface area contributed by atoms with Gasteiger partial charge in [-0.3, -0.25) is 0 Å². The van der Waals surface area contributed by atoms with Gasteiger partial charge in [0.2, 0.25) is 0 Å². The Bertz CT molecular complexity index is 826. The molecule has 5 heteroatoms. The van der Waals surface area contributed by atoms with Crippen LogP contribution in [-0.2, 0) is 9.53 Å². The second-order valence-corrected chi connectivity index (χ2v) is 8.27. The van der Waals surface area contributed by atoms with Crippen LogP contribution in [0.3, 0.4) is 0 Å². The maximum atomic E-state index is 11.4. The van der Waals surface area contributed by atoms with E-state index in [1.807, 2.05) is 36.4 Å². The number of carbonyl (C=O) groups is 1. The summed E-state index contributed by atoms with van der Waals surface area (Å²) in [7, 11) is 0. The van der Waals surface area contributed by atoms with Crippen molar-refractivity contribution in [2.24, 2.45) is 0 Å². The number of aliphatic hydroxyl groups is 1. The third kappa shape index (κ3) is 10.1. The molecule has 1 N–H and O–H groups in total. The summed E-state index contributed by atoms with van der Waals surface area (Å²) in [5.74, 6) is 1.38. The van der Waals surface area contributed by atoms with Gasteiger partial charge in [-0.2, -0.15) is 0 Å². The van der Waals surface area contributed by atoms with Gasteiger partial charge < -0.3 is 19.3 Å². The molecule has 0 aliphatic rings. The van der Waals surface area contributed by atoms with Crippen molar-refractivity contribution in [3.05, 3.63) is 60.7 Å². The van der Waals surface area contributed by atoms with Gasteiger partial charge in [0.05, 0.1) is 19.3 Å². The highest BCUT2D eigenvalue weighted by molar-refractivity contribution is 5.86. The molecule has 1 atom stereocenters. The fraction of sp³-hybridized carbons (Fsp3) is 0.464. The Balaban J connectivity index is 1.79.